The van der Waals surface area contributed by atoms with Crippen LogP contribution in [0.25, 0.3) is 16.2 Å². The van der Waals surface area contributed by atoms with E-state index in [2.05, 4.69) is 10.3 Å². The largest absolute Gasteiger partial charge is 0.495 e. The molecule has 0 fully saturated rings. The van der Waals surface area contributed by atoms with Gasteiger partial charge in [0.2, 0.25) is 5.91 Å². The standard InChI is InChI=1S/C21H18FN3O2S/c1-27-19-9-5-4-8-17(19)23-20(26)11-10-14-13-28-21-24-18(12-25(14)21)15-6-2-3-7-16(15)22/h2-9,12-13H,10-11H2,1H3,(H,23,26). The summed E-state index contributed by atoms with van der Waals surface area (Å²) in [5, 5.41) is 4.85. The van der Waals surface area contributed by atoms with E-state index in [0.29, 0.717) is 35.5 Å². The van der Waals surface area contributed by atoms with Crippen LogP contribution < -0.4 is 10.1 Å². The van der Waals surface area contributed by atoms with E-state index in [1.54, 1.807) is 37.4 Å². The van der Waals surface area contributed by atoms with Crippen LogP contribution in [-0.4, -0.2) is 22.4 Å². The Morgan fingerprint density at radius 2 is 2.00 bits per heavy atom. The molecule has 0 spiro atoms. The van der Waals surface area contributed by atoms with Gasteiger partial charge in [0.15, 0.2) is 4.96 Å². The normalized spacial score (nSPS) is 10.9. The topological polar surface area (TPSA) is 55.6 Å². The van der Waals surface area contributed by atoms with Gasteiger partial charge in [-0.1, -0.05) is 24.3 Å². The van der Waals surface area contributed by atoms with Gasteiger partial charge in [-0.2, -0.15) is 0 Å². The fourth-order valence-electron chi connectivity index (χ4n) is 3.01. The Balaban J connectivity index is 1.48. The number of fused-ring (bicyclic) bond motifs is 1. The van der Waals surface area contributed by atoms with E-state index in [-0.39, 0.29) is 11.7 Å². The third-order valence-electron chi connectivity index (χ3n) is 4.42. The van der Waals surface area contributed by atoms with Gasteiger partial charge in [-0.05, 0) is 30.7 Å². The number of aryl methyl sites for hydroxylation is 1. The Hall–Kier alpha value is -3.19. The van der Waals surface area contributed by atoms with Gasteiger partial charge in [-0.15, -0.1) is 11.3 Å². The van der Waals surface area contributed by atoms with Gasteiger partial charge in [0.25, 0.3) is 0 Å². The van der Waals surface area contributed by atoms with E-state index in [1.807, 2.05) is 28.1 Å². The molecule has 1 amide bonds. The molecular weight excluding hydrogens is 377 g/mol. The van der Waals surface area contributed by atoms with Crippen molar-refractivity contribution in [3.63, 3.8) is 0 Å². The number of aromatic nitrogens is 2. The number of nitrogens with one attached hydrogen (secondary N) is 1. The molecule has 2 aromatic carbocycles. The number of nitrogens with zero attached hydrogens (tertiary/aromatic N) is 2. The van der Waals surface area contributed by atoms with Crippen LogP contribution in [0.2, 0.25) is 0 Å². The van der Waals surface area contributed by atoms with Crippen LogP contribution in [0, 0.1) is 5.82 Å². The zero-order chi connectivity index (χ0) is 19.5. The number of carbonyl (C=O) groups is 1. The van der Waals surface area contributed by atoms with Gasteiger partial charge in [0.1, 0.15) is 11.6 Å². The minimum absolute atomic E-state index is 0.0988. The second-order valence-electron chi connectivity index (χ2n) is 6.23. The van der Waals surface area contributed by atoms with E-state index >= 15 is 0 Å². The summed E-state index contributed by atoms with van der Waals surface area (Å²) in [7, 11) is 1.57. The second-order valence-corrected chi connectivity index (χ2v) is 7.07. The summed E-state index contributed by atoms with van der Waals surface area (Å²) >= 11 is 1.47. The van der Waals surface area contributed by atoms with Gasteiger partial charge in [-0.3, -0.25) is 9.20 Å². The first-order valence-corrected chi connectivity index (χ1v) is 9.67. The van der Waals surface area contributed by atoms with Gasteiger partial charge in [0, 0.05) is 29.3 Å². The Kier molecular flexibility index (Phi) is 5.08. The number of benzene rings is 2. The molecule has 0 aliphatic rings. The summed E-state index contributed by atoms with van der Waals surface area (Å²) in [6.45, 7) is 0. The molecule has 28 heavy (non-hydrogen) atoms. The maximum atomic E-state index is 14.0. The average molecular weight is 395 g/mol. The molecule has 1 N–H and O–H groups in total. The minimum atomic E-state index is -0.300. The molecule has 0 aliphatic carbocycles. The predicted octanol–water partition coefficient (Wildman–Crippen LogP) is 4.78. The highest BCUT2D eigenvalue weighted by atomic mass is 32.1. The van der Waals surface area contributed by atoms with Crippen LogP contribution in [0.5, 0.6) is 5.75 Å². The first kappa shape index (κ1) is 18.2. The van der Waals surface area contributed by atoms with Crippen molar-refractivity contribution in [1.82, 2.24) is 9.38 Å². The van der Waals surface area contributed by atoms with E-state index in [9.17, 15) is 9.18 Å². The second kappa shape index (κ2) is 7.82. The van der Waals surface area contributed by atoms with Crippen molar-refractivity contribution in [2.75, 3.05) is 12.4 Å². The molecular formula is C21H18FN3O2S. The van der Waals surface area contributed by atoms with Crippen molar-refractivity contribution >= 4 is 27.9 Å². The van der Waals surface area contributed by atoms with Gasteiger partial charge in [-0.25, -0.2) is 9.37 Å². The number of amides is 1. The summed E-state index contributed by atoms with van der Waals surface area (Å²) < 4.78 is 21.2. The van der Waals surface area contributed by atoms with Crippen molar-refractivity contribution < 1.29 is 13.9 Å². The van der Waals surface area contributed by atoms with Crippen LogP contribution >= 0.6 is 11.3 Å². The number of hydrogen-bond acceptors (Lipinski definition) is 4. The summed E-state index contributed by atoms with van der Waals surface area (Å²) in [6, 6.07) is 13.9. The number of imidazole rings is 1. The third-order valence-corrected chi connectivity index (χ3v) is 5.31. The predicted molar refractivity (Wildman–Crippen MR) is 108 cm³/mol. The van der Waals surface area contributed by atoms with Crippen molar-refractivity contribution in [2.24, 2.45) is 0 Å². The smallest absolute Gasteiger partial charge is 0.224 e. The van der Waals surface area contributed by atoms with Crippen molar-refractivity contribution in [2.45, 2.75) is 12.8 Å². The Bertz CT molecular complexity index is 1140. The highest BCUT2D eigenvalue weighted by Crippen LogP contribution is 2.26. The molecule has 0 saturated heterocycles. The van der Waals surface area contributed by atoms with E-state index in [0.717, 1.165) is 10.7 Å². The molecule has 5 nitrogen and oxygen atoms in total. The number of methoxy groups -OCH3 is 1. The molecule has 0 unspecified atom stereocenters. The van der Waals surface area contributed by atoms with Crippen molar-refractivity contribution in [3.05, 3.63) is 71.6 Å². The molecule has 4 rings (SSSR count). The van der Waals surface area contributed by atoms with E-state index in [4.69, 9.17) is 4.74 Å². The Labute approximate surface area is 165 Å². The summed E-state index contributed by atoms with van der Waals surface area (Å²) in [4.78, 5) is 17.6. The molecule has 0 atom stereocenters. The lowest BCUT2D eigenvalue weighted by Gasteiger charge is -2.09. The van der Waals surface area contributed by atoms with E-state index in [1.165, 1.54) is 17.4 Å². The lowest BCUT2D eigenvalue weighted by Crippen LogP contribution is -2.13. The van der Waals surface area contributed by atoms with Gasteiger partial charge in [0.05, 0.1) is 18.5 Å². The number of ether oxygens (including phenoxy) is 1. The number of hydrogen-bond donors (Lipinski definition) is 1. The zero-order valence-corrected chi connectivity index (χ0v) is 16.0. The lowest BCUT2D eigenvalue weighted by molar-refractivity contribution is -0.116. The monoisotopic (exact) mass is 395 g/mol. The molecule has 4 aromatic rings. The average Bonchev–Trinajstić information content (AvgIpc) is 3.28. The number of anilines is 1. The molecule has 0 bridgehead atoms. The molecule has 2 heterocycles. The molecule has 0 saturated carbocycles. The Morgan fingerprint density at radius 1 is 1.21 bits per heavy atom. The van der Waals surface area contributed by atoms with Crippen LogP contribution in [0.3, 0.4) is 0 Å². The number of thiazole rings is 1. The first-order chi connectivity index (χ1) is 13.7. The highest BCUT2D eigenvalue weighted by Gasteiger charge is 2.14. The molecule has 0 radical (unpaired) electrons. The SMILES string of the molecule is COc1ccccc1NC(=O)CCc1csc2nc(-c3ccccc3F)cn12. The molecule has 0 aliphatic heterocycles. The van der Waals surface area contributed by atoms with Crippen molar-refractivity contribution in [3.8, 4) is 17.0 Å². The van der Waals surface area contributed by atoms with Gasteiger partial charge >= 0.3 is 0 Å². The lowest BCUT2D eigenvalue weighted by atomic mass is 10.1. The fraction of sp³-hybridized carbons (Fsp3) is 0.143. The summed E-state index contributed by atoms with van der Waals surface area (Å²) in [5.74, 6) is 0.224. The Morgan fingerprint density at radius 3 is 2.82 bits per heavy atom. The zero-order valence-electron chi connectivity index (χ0n) is 15.2. The number of para-hydroxylation sites is 2. The maximum Gasteiger partial charge on any atom is 0.224 e. The van der Waals surface area contributed by atoms with Crippen LogP contribution in [0.15, 0.2) is 60.1 Å². The number of halogens is 1. The summed E-state index contributed by atoms with van der Waals surface area (Å²) in [6.07, 6.45) is 2.68. The fourth-order valence-corrected chi connectivity index (χ4v) is 3.92. The highest BCUT2D eigenvalue weighted by molar-refractivity contribution is 7.15. The molecule has 7 heteroatoms. The maximum absolute atomic E-state index is 14.0. The minimum Gasteiger partial charge on any atom is -0.495 e. The number of rotatable bonds is 6. The first-order valence-electron chi connectivity index (χ1n) is 8.79. The van der Waals surface area contributed by atoms with Gasteiger partial charge < -0.3 is 10.1 Å². The quantitative estimate of drug-likeness (QED) is 0.511. The van der Waals surface area contributed by atoms with Crippen LogP contribution in [0.1, 0.15) is 12.1 Å². The van der Waals surface area contributed by atoms with Crippen LogP contribution in [0.4, 0.5) is 10.1 Å². The third kappa shape index (κ3) is 3.61. The van der Waals surface area contributed by atoms with E-state index < -0.39 is 0 Å². The molecule has 2 aromatic heterocycles. The van der Waals surface area contributed by atoms with Crippen LogP contribution in [-0.2, 0) is 11.2 Å². The molecule has 142 valence electrons. The van der Waals surface area contributed by atoms with Crippen molar-refractivity contribution in [1.29, 1.82) is 0 Å². The summed E-state index contributed by atoms with van der Waals surface area (Å²) in [5.41, 5.74) is 2.67. The number of carbonyl (C=O) groups excluding carboxylic acids is 1.